The lowest BCUT2D eigenvalue weighted by atomic mass is 10.2. The van der Waals surface area contributed by atoms with Gasteiger partial charge in [0.25, 0.3) is 0 Å². The summed E-state index contributed by atoms with van der Waals surface area (Å²) in [6.07, 6.45) is 8.36. The maximum atomic E-state index is 9.55. The molecule has 8 heteroatoms. The van der Waals surface area contributed by atoms with Crippen LogP contribution >= 0.6 is 0 Å². The predicted octanol–water partition coefficient (Wildman–Crippen LogP) is 2.47. The van der Waals surface area contributed by atoms with Crippen LogP contribution in [0, 0.1) is 0 Å². The molecule has 1 aromatic rings. The van der Waals surface area contributed by atoms with Crippen molar-refractivity contribution in [2.75, 3.05) is 44.2 Å². The monoisotopic (exact) mass is 420 g/mol. The van der Waals surface area contributed by atoms with Gasteiger partial charge in [-0.05, 0) is 32.0 Å². The molecule has 1 atom stereocenters. The van der Waals surface area contributed by atoms with Crippen LogP contribution in [0.3, 0.4) is 0 Å². The molecule has 1 unspecified atom stereocenters. The van der Waals surface area contributed by atoms with E-state index in [2.05, 4.69) is 46.1 Å². The summed E-state index contributed by atoms with van der Waals surface area (Å²) in [5.74, 6) is -1.40. The third-order valence-corrected chi connectivity index (χ3v) is 4.93. The fourth-order valence-corrected chi connectivity index (χ4v) is 3.19. The number of hydrogen-bond donors (Lipinski definition) is 3. The Morgan fingerprint density at radius 1 is 1.10 bits per heavy atom. The number of nitrogens with one attached hydrogen (secondary N) is 1. The summed E-state index contributed by atoms with van der Waals surface area (Å²) in [7, 11) is 0. The maximum Gasteiger partial charge on any atom is 0.328 e. The third kappa shape index (κ3) is 11.5. The molecule has 0 amide bonds. The summed E-state index contributed by atoms with van der Waals surface area (Å²) in [6, 6.07) is 6.78. The number of nitrogens with zero attached hydrogens (tertiary/aromatic N) is 3. The summed E-state index contributed by atoms with van der Waals surface area (Å²) in [6.45, 7) is 11.3. The number of unbranched alkanes of at least 4 members (excludes halogenated alkanes) is 3. The molecule has 0 aliphatic carbocycles. The standard InChI is InChI=1S/C18H32N4.C4H4O4/c1-3-4-5-7-10-19-16-17(2)21-12-14-22(15-13-21)18-9-6-8-11-20-18;5-3(6)1-2-4(7)8/h6,8-9,11,17,19H,3-5,7,10,12-16H2,1-2H3;1-2H,(H,5,6)(H,7,8). The van der Waals surface area contributed by atoms with Crippen molar-refractivity contribution in [2.24, 2.45) is 0 Å². The van der Waals surface area contributed by atoms with E-state index in [9.17, 15) is 9.59 Å². The van der Waals surface area contributed by atoms with Crippen molar-refractivity contribution < 1.29 is 19.8 Å². The quantitative estimate of drug-likeness (QED) is 0.370. The van der Waals surface area contributed by atoms with Crippen LogP contribution in [-0.4, -0.2) is 77.3 Å². The van der Waals surface area contributed by atoms with Crippen LogP contribution in [0.5, 0.6) is 0 Å². The molecule has 168 valence electrons. The Morgan fingerprint density at radius 2 is 1.77 bits per heavy atom. The van der Waals surface area contributed by atoms with E-state index in [1.54, 1.807) is 0 Å². The molecule has 1 aliphatic rings. The SMILES string of the molecule is CCCCCCNCC(C)N1CCN(c2ccccn2)CC1.O=C(O)C=CC(=O)O. The first-order valence-electron chi connectivity index (χ1n) is 10.7. The minimum absolute atomic E-state index is 0.558. The average Bonchev–Trinajstić information content (AvgIpc) is 2.76. The molecule has 3 N–H and O–H groups in total. The van der Waals surface area contributed by atoms with Crippen molar-refractivity contribution in [2.45, 2.75) is 45.6 Å². The number of pyridine rings is 1. The molecule has 1 saturated heterocycles. The number of piperazine rings is 1. The van der Waals surface area contributed by atoms with E-state index in [1.165, 1.54) is 25.7 Å². The van der Waals surface area contributed by atoms with E-state index in [0.29, 0.717) is 18.2 Å². The smallest absolute Gasteiger partial charge is 0.328 e. The van der Waals surface area contributed by atoms with Crippen molar-refractivity contribution in [1.29, 1.82) is 0 Å². The van der Waals surface area contributed by atoms with Gasteiger partial charge < -0.3 is 20.4 Å². The fraction of sp³-hybridized carbons (Fsp3) is 0.591. The Labute approximate surface area is 179 Å². The minimum Gasteiger partial charge on any atom is -0.478 e. The van der Waals surface area contributed by atoms with E-state index in [1.807, 2.05) is 12.3 Å². The second-order valence-corrected chi connectivity index (χ2v) is 7.33. The molecule has 0 saturated carbocycles. The van der Waals surface area contributed by atoms with Crippen molar-refractivity contribution >= 4 is 17.8 Å². The highest BCUT2D eigenvalue weighted by atomic mass is 16.4. The summed E-state index contributed by atoms with van der Waals surface area (Å²) >= 11 is 0. The van der Waals surface area contributed by atoms with Crippen molar-refractivity contribution in [3.63, 3.8) is 0 Å². The van der Waals surface area contributed by atoms with Gasteiger partial charge in [0.2, 0.25) is 0 Å². The first-order valence-corrected chi connectivity index (χ1v) is 10.7. The zero-order valence-corrected chi connectivity index (χ0v) is 18.2. The zero-order valence-electron chi connectivity index (χ0n) is 18.2. The van der Waals surface area contributed by atoms with Gasteiger partial charge in [-0.25, -0.2) is 14.6 Å². The summed E-state index contributed by atoms with van der Waals surface area (Å²) in [5, 5.41) is 19.2. The Bertz CT molecular complexity index is 615. The molecule has 0 aromatic carbocycles. The second-order valence-electron chi connectivity index (χ2n) is 7.33. The second kappa shape index (κ2) is 15.4. The van der Waals surface area contributed by atoms with Crippen LogP contribution in [0.15, 0.2) is 36.5 Å². The molecular weight excluding hydrogens is 384 g/mol. The molecule has 0 spiro atoms. The summed E-state index contributed by atoms with van der Waals surface area (Å²) < 4.78 is 0. The number of anilines is 1. The largest absolute Gasteiger partial charge is 0.478 e. The highest BCUT2D eigenvalue weighted by molar-refractivity contribution is 5.89. The molecule has 1 aromatic heterocycles. The van der Waals surface area contributed by atoms with Crippen LogP contribution < -0.4 is 10.2 Å². The number of carbonyl (C=O) groups is 2. The number of hydrogen-bond acceptors (Lipinski definition) is 6. The van der Waals surface area contributed by atoms with Crippen molar-refractivity contribution in [3.8, 4) is 0 Å². The highest BCUT2D eigenvalue weighted by Gasteiger charge is 2.21. The molecule has 8 nitrogen and oxygen atoms in total. The van der Waals surface area contributed by atoms with Gasteiger partial charge in [-0.1, -0.05) is 32.3 Å². The van der Waals surface area contributed by atoms with Crippen molar-refractivity contribution in [3.05, 3.63) is 36.5 Å². The summed E-state index contributed by atoms with van der Waals surface area (Å²) in [4.78, 5) is 28.5. The Balaban J connectivity index is 0.000000479. The molecule has 1 aliphatic heterocycles. The van der Waals surface area contributed by atoms with Gasteiger partial charge in [-0.2, -0.15) is 0 Å². The first-order chi connectivity index (χ1) is 14.4. The van der Waals surface area contributed by atoms with Gasteiger partial charge in [-0.3, -0.25) is 4.90 Å². The molecule has 30 heavy (non-hydrogen) atoms. The van der Waals surface area contributed by atoms with Gasteiger partial charge in [0.15, 0.2) is 0 Å². The number of carboxylic acids is 2. The number of aromatic nitrogens is 1. The van der Waals surface area contributed by atoms with Crippen LogP contribution in [-0.2, 0) is 9.59 Å². The molecular formula is C22H36N4O4. The van der Waals surface area contributed by atoms with Gasteiger partial charge in [0.1, 0.15) is 5.82 Å². The lowest BCUT2D eigenvalue weighted by Crippen LogP contribution is -2.52. The average molecular weight is 421 g/mol. The zero-order chi connectivity index (χ0) is 22.2. The summed E-state index contributed by atoms with van der Waals surface area (Å²) in [5.41, 5.74) is 0. The van der Waals surface area contributed by atoms with Gasteiger partial charge in [0, 0.05) is 57.1 Å². The fourth-order valence-electron chi connectivity index (χ4n) is 3.19. The number of aliphatic carboxylic acids is 2. The van der Waals surface area contributed by atoms with Gasteiger partial charge in [-0.15, -0.1) is 0 Å². The molecule has 0 bridgehead atoms. The van der Waals surface area contributed by atoms with Crippen molar-refractivity contribution in [1.82, 2.24) is 15.2 Å². The highest BCUT2D eigenvalue weighted by Crippen LogP contribution is 2.13. The van der Waals surface area contributed by atoms with Crippen LogP contribution in [0.1, 0.15) is 39.5 Å². The van der Waals surface area contributed by atoms with Crippen LogP contribution in [0.4, 0.5) is 5.82 Å². The molecule has 2 heterocycles. The van der Waals surface area contributed by atoms with E-state index in [0.717, 1.165) is 45.1 Å². The Hall–Kier alpha value is -2.45. The van der Waals surface area contributed by atoms with Crippen LogP contribution in [0.25, 0.3) is 0 Å². The van der Waals surface area contributed by atoms with E-state index in [-0.39, 0.29) is 0 Å². The first kappa shape index (κ1) is 25.6. The molecule has 0 radical (unpaired) electrons. The predicted molar refractivity (Wildman–Crippen MR) is 119 cm³/mol. The molecule has 1 fully saturated rings. The maximum absolute atomic E-state index is 9.55. The van der Waals surface area contributed by atoms with Crippen LogP contribution in [0.2, 0.25) is 0 Å². The Morgan fingerprint density at radius 3 is 2.30 bits per heavy atom. The van der Waals surface area contributed by atoms with E-state index in [4.69, 9.17) is 10.2 Å². The number of carboxylic acid groups (broad SMARTS) is 2. The van der Waals surface area contributed by atoms with Gasteiger partial charge >= 0.3 is 11.9 Å². The van der Waals surface area contributed by atoms with Gasteiger partial charge in [0.05, 0.1) is 0 Å². The normalized spacial score (nSPS) is 15.5. The Kier molecular flexibility index (Phi) is 13.1. The lowest BCUT2D eigenvalue weighted by molar-refractivity contribution is -0.134. The minimum atomic E-state index is -1.26. The van der Waals surface area contributed by atoms with E-state index >= 15 is 0 Å². The van der Waals surface area contributed by atoms with E-state index < -0.39 is 11.9 Å². The lowest BCUT2D eigenvalue weighted by Gasteiger charge is -2.38. The molecule has 2 rings (SSSR count). The number of rotatable bonds is 11. The topological polar surface area (TPSA) is 106 Å². The third-order valence-electron chi connectivity index (χ3n) is 4.93.